The highest BCUT2D eigenvalue weighted by Gasteiger charge is 2.25. The number of nitrogens with two attached hydrogens (primary N) is 1. The topological polar surface area (TPSA) is 46.2 Å². The summed E-state index contributed by atoms with van der Waals surface area (Å²) < 4.78 is 1.04. The van der Waals surface area contributed by atoms with Crippen molar-refractivity contribution in [2.45, 2.75) is 12.0 Å². The molecule has 0 radical (unpaired) electrons. The number of aliphatic hydroxyl groups excluding tert-OH is 1. The minimum Gasteiger partial charge on any atom is -0.388 e. The molecule has 0 saturated carbocycles. The summed E-state index contributed by atoms with van der Waals surface area (Å²) in [4.78, 5) is 0. The largest absolute Gasteiger partial charge is 0.388 e. The van der Waals surface area contributed by atoms with Crippen molar-refractivity contribution >= 4 is 46.1 Å². The predicted octanol–water partition coefficient (Wildman–Crippen LogP) is 4.48. The molecule has 1 heterocycles. The van der Waals surface area contributed by atoms with E-state index in [0.717, 1.165) is 5.56 Å². The second-order valence-corrected chi connectivity index (χ2v) is 6.84. The molecule has 2 rings (SSSR count). The average molecular weight is 337 g/mol. The molecule has 19 heavy (non-hydrogen) atoms. The molecule has 0 aliphatic heterocycles. The Morgan fingerprint density at radius 2 is 1.79 bits per heavy atom. The fourth-order valence-electron chi connectivity index (χ4n) is 1.93. The first kappa shape index (κ1) is 15.1. The van der Waals surface area contributed by atoms with Gasteiger partial charge in [-0.05, 0) is 23.8 Å². The zero-order chi connectivity index (χ0) is 14.0. The van der Waals surface area contributed by atoms with Crippen molar-refractivity contribution in [1.29, 1.82) is 0 Å². The molecule has 3 N–H and O–H groups in total. The van der Waals surface area contributed by atoms with Crippen LogP contribution in [-0.4, -0.2) is 11.7 Å². The second-order valence-electron chi connectivity index (χ2n) is 4.12. The molecule has 2 nitrogen and oxygen atoms in total. The van der Waals surface area contributed by atoms with E-state index in [9.17, 15) is 5.11 Å². The van der Waals surface area contributed by atoms with Crippen molar-refractivity contribution in [3.05, 3.63) is 55.2 Å². The van der Waals surface area contributed by atoms with Crippen LogP contribution < -0.4 is 5.73 Å². The summed E-state index contributed by atoms with van der Waals surface area (Å²) >= 11 is 19.1. The van der Waals surface area contributed by atoms with Crippen LogP contribution in [0.3, 0.4) is 0 Å². The third-order valence-corrected chi connectivity index (χ3v) is 4.70. The molecule has 2 atom stereocenters. The highest BCUT2D eigenvalue weighted by atomic mass is 35.5. The van der Waals surface area contributed by atoms with E-state index in [2.05, 4.69) is 0 Å². The average Bonchev–Trinajstić information content (AvgIpc) is 2.71. The van der Waals surface area contributed by atoms with Crippen molar-refractivity contribution in [3.63, 3.8) is 0 Å². The molecule has 102 valence electrons. The minimum absolute atomic E-state index is 0.250. The molecular formula is C13H12Cl3NOS. The predicted molar refractivity (Wildman–Crippen MR) is 82.5 cm³/mol. The lowest BCUT2D eigenvalue weighted by molar-refractivity contribution is 0.148. The SMILES string of the molecule is NCC(c1ccc(Cl)cc1)C(O)c1cc(Cl)sc1Cl. The van der Waals surface area contributed by atoms with Gasteiger partial charge in [0.1, 0.15) is 4.34 Å². The molecule has 1 aromatic carbocycles. The summed E-state index contributed by atoms with van der Waals surface area (Å²) in [6.07, 6.45) is -0.789. The van der Waals surface area contributed by atoms with E-state index < -0.39 is 6.10 Å². The van der Waals surface area contributed by atoms with Crippen LogP contribution in [0.25, 0.3) is 0 Å². The molecule has 6 heteroatoms. The highest BCUT2D eigenvalue weighted by molar-refractivity contribution is 7.20. The van der Waals surface area contributed by atoms with Gasteiger partial charge in [-0.2, -0.15) is 0 Å². The van der Waals surface area contributed by atoms with E-state index in [1.807, 2.05) is 12.1 Å². The first-order valence-electron chi connectivity index (χ1n) is 5.61. The Bertz CT molecular complexity index is 556. The normalized spacial score (nSPS) is 14.4. The molecule has 1 aromatic heterocycles. The number of hydrogen-bond acceptors (Lipinski definition) is 3. The van der Waals surface area contributed by atoms with Gasteiger partial charge in [-0.1, -0.05) is 46.9 Å². The molecule has 0 saturated heterocycles. The number of halogens is 3. The van der Waals surface area contributed by atoms with Crippen LogP contribution in [0.2, 0.25) is 13.7 Å². The Hall–Kier alpha value is -0.290. The Labute approximate surface area is 130 Å². The molecular weight excluding hydrogens is 325 g/mol. The van der Waals surface area contributed by atoms with Gasteiger partial charge in [0.25, 0.3) is 0 Å². The smallest absolute Gasteiger partial charge is 0.100 e. The fraction of sp³-hybridized carbons (Fsp3) is 0.231. The van der Waals surface area contributed by atoms with Crippen LogP contribution >= 0.6 is 46.1 Å². The number of aliphatic hydroxyl groups is 1. The summed E-state index contributed by atoms with van der Waals surface area (Å²) in [5.41, 5.74) is 7.30. The van der Waals surface area contributed by atoms with Crippen LogP contribution in [0.1, 0.15) is 23.1 Å². The van der Waals surface area contributed by atoms with Gasteiger partial charge in [0.15, 0.2) is 0 Å². The molecule has 0 aliphatic carbocycles. The van der Waals surface area contributed by atoms with Crippen LogP contribution in [-0.2, 0) is 0 Å². The quantitative estimate of drug-likeness (QED) is 0.864. The maximum Gasteiger partial charge on any atom is 0.100 e. The Morgan fingerprint density at radius 3 is 2.26 bits per heavy atom. The van der Waals surface area contributed by atoms with Crippen molar-refractivity contribution in [2.24, 2.45) is 5.73 Å². The van der Waals surface area contributed by atoms with Gasteiger partial charge in [-0.3, -0.25) is 0 Å². The lowest BCUT2D eigenvalue weighted by Crippen LogP contribution is -2.20. The van der Waals surface area contributed by atoms with Crippen LogP contribution in [0, 0.1) is 0 Å². The van der Waals surface area contributed by atoms with E-state index in [1.54, 1.807) is 18.2 Å². The summed E-state index contributed by atoms with van der Waals surface area (Å²) in [7, 11) is 0. The molecule has 0 fully saturated rings. The van der Waals surface area contributed by atoms with Crippen LogP contribution in [0.4, 0.5) is 0 Å². The lowest BCUT2D eigenvalue weighted by Gasteiger charge is -2.21. The molecule has 2 aromatic rings. The summed E-state index contributed by atoms with van der Waals surface area (Å²) in [6.45, 7) is 0.298. The maximum atomic E-state index is 10.4. The zero-order valence-corrected chi connectivity index (χ0v) is 12.9. The zero-order valence-electron chi connectivity index (χ0n) is 9.82. The van der Waals surface area contributed by atoms with Gasteiger partial charge >= 0.3 is 0 Å². The second kappa shape index (κ2) is 6.44. The third-order valence-electron chi connectivity index (χ3n) is 2.93. The monoisotopic (exact) mass is 335 g/mol. The van der Waals surface area contributed by atoms with Crippen molar-refractivity contribution < 1.29 is 5.11 Å². The van der Waals surface area contributed by atoms with Gasteiger partial charge in [0.05, 0.1) is 10.4 Å². The third kappa shape index (κ3) is 3.43. The first-order valence-corrected chi connectivity index (χ1v) is 7.56. The lowest BCUT2D eigenvalue weighted by atomic mass is 9.90. The molecule has 0 spiro atoms. The van der Waals surface area contributed by atoms with Crippen molar-refractivity contribution in [3.8, 4) is 0 Å². The minimum atomic E-state index is -0.789. The van der Waals surface area contributed by atoms with Gasteiger partial charge in [-0.15, -0.1) is 11.3 Å². The number of thiophene rings is 1. The molecule has 0 aliphatic rings. The summed E-state index contributed by atoms with van der Waals surface area (Å²) in [5.74, 6) is -0.250. The van der Waals surface area contributed by atoms with E-state index in [4.69, 9.17) is 40.5 Å². The maximum absolute atomic E-state index is 10.4. The first-order chi connectivity index (χ1) is 9.02. The highest BCUT2D eigenvalue weighted by Crippen LogP contribution is 2.40. The molecule has 2 unspecified atom stereocenters. The summed E-state index contributed by atoms with van der Waals surface area (Å²) in [5, 5.41) is 11.1. The Kier molecular flexibility index (Phi) is 5.12. The number of benzene rings is 1. The standard InChI is InChI=1S/C13H12Cl3NOS/c14-8-3-1-7(2-4-8)10(6-17)12(18)9-5-11(15)19-13(9)16/h1-5,10,12,18H,6,17H2. The fourth-order valence-corrected chi connectivity index (χ4v) is 3.59. The van der Waals surface area contributed by atoms with Gasteiger partial charge < -0.3 is 10.8 Å². The van der Waals surface area contributed by atoms with Crippen LogP contribution in [0.5, 0.6) is 0 Å². The molecule has 0 amide bonds. The summed E-state index contributed by atoms with van der Waals surface area (Å²) in [6, 6.07) is 8.93. The van der Waals surface area contributed by atoms with Gasteiger partial charge in [0.2, 0.25) is 0 Å². The van der Waals surface area contributed by atoms with Crippen LogP contribution in [0.15, 0.2) is 30.3 Å². The number of hydrogen-bond donors (Lipinski definition) is 2. The Balaban J connectivity index is 2.31. The van der Waals surface area contributed by atoms with Crippen molar-refractivity contribution in [1.82, 2.24) is 0 Å². The van der Waals surface area contributed by atoms with Gasteiger partial charge in [0, 0.05) is 23.0 Å². The molecule has 0 bridgehead atoms. The van der Waals surface area contributed by atoms with E-state index in [-0.39, 0.29) is 5.92 Å². The van der Waals surface area contributed by atoms with E-state index >= 15 is 0 Å². The Morgan fingerprint density at radius 1 is 1.16 bits per heavy atom. The van der Waals surface area contributed by atoms with Gasteiger partial charge in [-0.25, -0.2) is 0 Å². The van der Waals surface area contributed by atoms with Crippen molar-refractivity contribution in [2.75, 3.05) is 6.54 Å². The van der Waals surface area contributed by atoms with E-state index in [1.165, 1.54) is 11.3 Å². The van der Waals surface area contributed by atoms with E-state index in [0.29, 0.717) is 25.8 Å². The number of rotatable bonds is 4.